The molecule has 0 aliphatic rings. The Hall–Kier alpha value is -3.12. The van der Waals surface area contributed by atoms with Gasteiger partial charge in [0.25, 0.3) is 11.5 Å². The molecule has 1 aromatic carbocycles. The van der Waals surface area contributed by atoms with Crippen LogP contribution in [-0.4, -0.2) is 22.6 Å². The van der Waals surface area contributed by atoms with Gasteiger partial charge >= 0.3 is 0 Å². The van der Waals surface area contributed by atoms with Gasteiger partial charge in [0.05, 0.1) is 24.9 Å². The lowest BCUT2D eigenvalue weighted by Gasteiger charge is -2.11. The van der Waals surface area contributed by atoms with E-state index in [1.54, 1.807) is 30.5 Å². The van der Waals surface area contributed by atoms with Crippen molar-refractivity contribution in [2.24, 2.45) is 0 Å². The predicted octanol–water partition coefficient (Wildman–Crippen LogP) is 3.21. The van der Waals surface area contributed by atoms with E-state index in [0.29, 0.717) is 28.7 Å². The van der Waals surface area contributed by atoms with Crippen LogP contribution in [-0.2, 0) is 6.54 Å². The van der Waals surface area contributed by atoms with Gasteiger partial charge in [0, 0.05) is 29.5 Å². The number of hydrogen-bond donors (Lipinski definition) is 1. The molecule has 2 heterocycles. The number of amides is 1. The maximum absolute atomic E-state index is 12.3. The van der Waals surface area contributed by atoms with Crippen molar-refractivity contribution in [2.75, 3.05) is 12.4 Å². The van der Waals surface area contributed by atoms with Crippen LogP contribution in [0.15, 0.2) is 65.7 Å². The monoisotopic (exact) mass is 369 g/mol. The van der Waals surface area contributed by atoms with E-state index in [0.717, 1.165) is 5.56 Å². The zero-order valence-electron chi connectivity index (χ0n) is 14.0. The first-order chi connectivity index (χ1) is 12.6. The van der Waals surface area contributed by atoms with Crippen molar-refractivity contribution in [3.05, 3.63) is 87.4 Å². The second-order valence-electron chi connectivity index (χ2n) is 5.52. The van der Waals surface area contributed by atoms with Gasteiger partial charge in [-0.25, -0.2) is 4.98 Å². The number of carbonyl (C=O) groups excluding carboxylic acids is 1. The van der Waals surface area contributed by atoms with E-state index in [2.05, 4.69) is 10.3 Å². The molecule has 2 aromatic heterocycles. The summed E-state index contributed by atoms with van der Waals surface area (Å²) in [5.41, 5.74) is 1.51. The molecule has 0 bridgehead atoms. The SMILES string of the molecule is COc1ccc(C(=O)Nc2ccc(=O)n(Cc3ccccc3Cl)c2)cn1. The summed E-state index contributed by atoms with van der Waals surface area (Å²) in [7, 11) is 1.50. The van der Waals surface area contributed by atoms with Gasteiger partial charge in [-0.05, 0) is 23.8 Å². The van der Waals surface area contributed by atoms with E-state index in [1.165, 1.54) is 23.9 Å². The highest BCUT2D eigenvalue weighted by Crippen LogP contribution is 2.16. The molecule has 0 aliphatic heterocycles. The minimum atomic E-state index is -0.330. The van der Waals surface area contributed by atoms with Crippen LogP contribution in [0.3, 0.4) is 0 Å². The number of hydrogen-bond acceptors (Lipinski definition) is 4. The van der Waals surface area contributed by atoms with Crippen LogP contribution in [0, 0.1) is 0 Å². The number of pyridine rings is 2. The van der Waals surface area contributed by atoms with Crippen molar-refractivity contribution in [2.45, 2.75) is 6.54 Å². The summed E-state index contributed by atoms with van der Waals surface area (Å²) in [5.74, 6) is 0.0953. The standard InChI is InChI=1S/C19H16ClN3O3/c1-26-17-8-6-13(10-21-17)19(25)22-15-7-9-18(24)23(12-15)11-14-4-2-3-5-16(14)20/h2-10,12H,11H2,1H3,(H,22,25). The Morgan fingerprint density at radius 2 is 2.00 bits per heavy atom. The van der Waals surface area contributed by atoms with Gasteiger partial charge in [-0.2, -0.15) is 0 Å². The van der Waals surface area contributed by atoms with E-state index < -0.39 is 0 Å². The first kappa shape index (κ1) is 17.7. The van der Waals surface area contributed by atoms with Crippen molar-refractivity contribution in [1.29, 1.82) is 0 Å². The lowest BCUT2D eigenvalue weighted by Crippen LogP contribution is -2.21. The highest BCUT2D eigenvalue weighted by Gasteiger charge is 2.09. The molecule has 3 rings (SSSR count). The van der Waals surface area contributed by atoms with E-state index >= 15 is 0 Å². The fourth-order valence-electron chi connectivity index (χ4n) is 2.38. The Balaban J connectivity index is 1.79. The highest BCUT2D eigenvalue weighted by molar-refractivity contribution is 6.31. The summed E-state index contributed by atoms with van der Waals surface area (Å²) >= 11 is 6.15. The fraction of sp³-hybridized carbons (Fsp3) is 0.105. The second-order valence-corrected chi connectivity index (χ2v) is 5.93. The van der Waals surface area contributed by atoms with E-state index in [9.17, 15) is 9.59 Å². The normalized spacial score (nSPS) is 10.4. The summed E-state index contributed by atoms with van der Waals surface area (Å²) in [6.45, 7) is 0.312. The molecule has 6 nitrogen and oxygen atoms in total. The number of aromatic nitrogens is 2. The summed E-state index contributed by atoms with van der Waals surface area (Å²) in [5, 5.41) is 3.33. The molecule has 0 atom stereocenters. The summed E-state index contributed by atoms with van der Waals surface area (Å²) < 4.78 is 6.46. The Kier molecular flexibility index (Phi) is 5.34. The number of methoxy groups -OCH3 is 1. The number of nitrogens with zero attached hydrogens (tertiary/aromatic N) is 2. The van der Waals surface area contributed by atoms with Gasteiger partial charge in [-0.15, -0.1) is 0 Å². The topological polar surface area (TPSA) is 73.2 Å². The largest absolute Gasteiger partial charge is 0.481 e. The van der Waals surface area contributed by atoms with Crippen LogP contribution in [0.25, 0.3) is 0 Å². The minimum absolute atomic E-state index is 0.186. The van der Waals surface area contributed by atoms with Crippen LogP contribution in [0.4, 0.5) is 5.69 Å². The molecular formula is C19H16ClN3O3. The third-order valence-electron chi connectivity index (χ3n) is 3.75. The average Bonchev–Trinajstić information content (AvgIpc) is 2.66. The molecule has 132 valence electrons. The maximum atomic E-state index is 12.3. The van der Waals surface area contributed by atoms with Crippen LogP contribution in [0.5, 0.6) is 5.88 Å². The fourth-order valence-corrected chi connectivity index (χ4v) is 2.57. The van der Waals surface area contributed by atoms with Crippen molar-refractivity contribution in [3.8, 4) is 5.88 Å². The average molecular weight is 370 g/mol. The molecule has 3 aromatic rings. The van der Waals surface area contributed by atoms with Crippen LogP contribution < -0.4 is 15.6 Å². The van der Waals surface area contributed by atoms with E-state index in [1.807, 2.05) is 18.2 Å². The minimum Gasteiger partial charge on any atom is -0.481 e. The third-order valence-corrected chi connectivity index (χ3v) is 4.12. The van der Waals surface area contributed by atoms with Gasteiger partial charge in [0.2, 0.25) is 5.88 Å². The van der Waals surface area contributed by atoms with Gasteiger partial charge in [-0.1, -0.05) is 29.8 Å². The van der Waals surface area contributed by atoms with Gasteiger partial charge in [-0.3, -0.25) is 9.59 Å². The lowest BCUT2D eigenvalue weighted by molar-refractivity contribution is 0.102. The lowest BCUT2D eigenvalue weighted by atomic mass is 10.2. The first-order valence-electron chi connectivity index (χ1n) is 7.82. The number of halogens is 1. The zero-order chi connectivity index (χ0) is 18.5. The molecule has 1 amide bonds. The van der Waals surface area contributed by atoms with Crippen molar-refractivity contribution < 1.29 is 9.53 Å². The molecule has 0 aliphatic carbocycles. The van der Waals surface area contributed by atoms with Gasteiger partial charge in [0.15, 0.2) is 0 Å². The summed E-state index contributed by atoms with van der Waals surface area (Å²) in [6.07, 6.45) is 3.01. The second kappa shape index (κ2) is 7.84. The molecule has 7 heteroatoms. The third kappa shape index (κ3) is 4.10. The number of rotatable bonds is 5. The maximum Gasteiger partial charge on any atom is 0.257 e. The van der Waals surface area contributed by atoms with Crippen LogP contribution in [0.1, 0.15) is 15.9 Å². The molecule has 0 saturated carbocycles. The molecule has 1 N–H and O–H groups in total. The van der Waals surface area contributed by atoms with E-state index in [4.69, 9.17) is 16.3 Å². The number of ether oxygens (including phenoxy) is 1. The number of nitrogens with one attached hydrogen (secondary N) is 1. The number of anilines is 1. The van der Waals surface area contributed by atoms with Crippen LogP contribution >= 0.6 is 11.6 Å². The number of carbonyl (C=O) groups is 1. The molecule has 0 saturated heterocycles. The summed E-state index contributed by atoms with van der Waals surface area (Å²) in [6, 6.07) is 13.5. The smallest absolute Gasteiger partial charge is 0.257 e. The Bertz CT molecular complexity index is 984. The Morgan fingerprint density at radius 1 is 1.19 bits per heavy atom. The Morgan fingerprint density at radius 3 is 2.69 bits per heavy atom. The molecule has 0 spiro atoms. The van der Waals surface area contributed by atoms with Crippen LogP contribution in [0.2, 0.25) is 5.02 Å². The van der Waals surface area contributed by atoms with Crippen molar-refractivity contribution >= 4 is 23.2 Å². The summed E-state index contributed by atoms with van der Waals surface area (Å²) in [4.78, 5) is 28.4. The number of benzene rings is 1. The van der Waals surface area contributed by atoms with Gasteiger partial charge in [0.1, 0.15) is 0 Å². The molecule has 0 fully saturated rings. The van der Waals surface area contributed by atoms with Crippen molar-refractivity contribution in [1.82, 2.24) is 9.55 Å². The van der Waals surface area contributed by atoms with Crippen molar-refractivity contribution in [3.63, 3.8) is 0 Å². The van der Waals surface area contributed by atoms with Gasteiger partial charge < -0.3 is 14.6 Å². The first-order valence-corrected chi connectivity index (χ1v) is 8.20. The molecular weight excluding hydrogens is 354 g/mol. The predicted molar refractivity (Wildman–Crippen MR) is 100.0 cm³/mol. The van der Waals surface area contributed by atoms with E-state index in [-0.39, 0.29) is 11.5 Å². The molecule has 0 radical (unpaired) electrons. The highest BCUT2D eigenvalue weighted by atomic mass is 35.5. The quantitative estimate of drug-likeness (QED) is 0.749. The Labute approximate surface area is 155 Å². The molecule has 0 unspecified atom stereocenters. The zero-order valence-corrected chi connectivity index (χ0v) is 14.7. The molecule has 26 heavy (non-hydrogen) atoms.